The Balaban J connectivity index is 2.09. The van der Waals surface area contributed by atoms with Crippen LogP contribution in [0.2, 0.25) is 0 Å². The molecule has 0 heterocycles. The van der Waals surface area contributed by atoms with Gasteiger partial charge in [0.1, 0.15) is 0 Å². The van der Waals surface area contributed by atoms with E-state index >= 15 is 0 Å². The molecule has 1 unspecified atom stereocenters. The molecule has 174 valence electrons. The summed E-state index contributed by atoms with van der Waals surface area (Å²) in [4.78, 5) is 25.3. The van der Waals surface area contributed by atoms with Crippen LogP contribution in [0.25, 0.3) is 0 Å². The molecule has 0 aliphatic rings. The first kappa shape index (κ1) is 25.0. The van der Waals surface area contributed by atoms with E-state index < -0.39 is 18.2 Å². The number of carbonyl (C=O) groups is 2. The van der Waals surface area contributed by atoms with Crippen molar-refractivity contribution in [3.05, 3.63) is 58.7 Å². The molecule has 0 spiro atoms. The topological polar surface area (TPSA) is 91.1 Å². The maximum absolute atomic E-state index is 12.6. The summed E-state index contributed by atoms with van der Waals surface area (Å²) in [7, 11) is 1.52. The highest BCUT2D eigenvalue weighted by atomic mass is 16.6. The number of aryl methyl sites for hydroxylation is 3. The molecular formula is C25H34N2O5. The molecule has 2 rings (SSSR count). The molecule has 0 aromatic heterocycles. The second-order valence-electron chi connectivity index (χ2n) is 7.76. The normalized spacial score (nSPS) is 11.5. The number of hydrogen-bond acceptors (Lipinski definition) is 5. The molecule has 0 bridgehead atoms. The average molecular weight is 443 g/mol. The SMILES string of the molecule is CCOC(=O)N(CCCc1ccc(C)c(C)c1)C(C)Oc1ccc(CC(N)=O)cc1OC. The summed E-state index contributed by atoms with van der Waals surface area (Å²) >= 11 is 0. The molecule has 7 heteroatoms. The number of carbonyl (C=O) groups excluding carboxylic acids is 2. The van der Waals surface area contributed by atoms with E-state index in [1.165, 1.54) is 23.8 Å². The Kier molecular flexibility index (Phi) is 9.38. The third-order valence-corrected chi connectivity index (χ3v) is 5.28. The molecule has 2 N–H and O–H groups in total. The summed E-state index contributed by atoms with van der Waals surface area (Å²) in [5, 5.41) is 0. The maximum atomic E-state index is 12.6. The third-order valence-electron chi connectivity index (χ3n) is 5.28. The standard InChI is InChI=1S/C25H34N2O5/c1-6-31-25(29)27(13-7-8-20-10-9-17(2)18(3)14-20)19(4)32-22-12-11-21(16-24(26)28)15-23(22)30-5/h9-12,14-15,19H,6-8,13,16H2,1-5H3,(H2,26,28). The molecule has 0 radical (unpaired) electrons. The molecule has 32 heavy (non-hydrogen) atoms. The molecule has 2 aromatic carbocycles. The van der Waals surface area contributed by atoms with E-state index in [0.29, 0.717) is 18.0 Å². The molecule has 2 aromatic rings. The lowest BCUT2D eigenvalue weighted by Gasteiger charge is -2.29. The number of primary amides is 1. The Morgan fingerprint density at radius 3 is 2.38 bits per heavy atom. The number of hydrogen-bond donors (Lipinski definition) is 1. The number of rotatable bonds is 11. The Bertz CT molecular complexity index is 929. The molecular weight excluding hydrogens is 408 g/mol. The molecule has 0 fully saturated rings. The smallest absolute Gasteiger partial charge is 0.412 e. The lowest BCUT2D eigenvalue weighted by molar-refractivity contribution is -0.117. The summed E-state index contributed by atoms with van der Waals surface area (Å²) in [6.07, 6.45) is 0.715. The Morgan fingerprint density at radius 1 is 1.03 bits per heavy atom. The quantitative estimate of drug-likeness (QED) is 0.528. The summed E-state index contributed by atoms with van der Waals surface area (Å²) in [6, 6.07) is 11.6. The zero-order valence-electron chi connectivity index (χ0n) is 19.6. The maximum Gasteiger partial charge on any atom is 0.412 e. The predicted molar refractivity (Wildman–Crippen MR) is 124 cm³/mol. The monoisotopic (exact) mass is 442 g/mol. The van der Waals surface area contributed by atoms with E-state index in [0.717, 1.165) is 18.4 Å². The van der Waals surface area contributed by atoms with Crippen molar-refractivity contribution in [3.8, 4) is 11.5 Å². The van der Waals surface area contributed by atoms with Crippen molar-refractivity contribution < 1.29 is 23.8 Å². The molecule has 0 saturated carbocycles. The molecule has 1 atom stereocenters. The van der Waals surface area contributed by atoms with Gasteiger partial charge in [0.05, 0.1) is 20.1 Å². The number of amides is 2. The molecule has 0 aliphatic carbocycles. The fraction of sp³-hybridized carbons (Fsp3) is 0.440. The molecule has 7 nitrogen and oxygen atoms in total. The lowest BCUT2D eigenvalue weighted by atomic mass is 10.0. The van der Waals surface area contributed by atoms with Gasteiger partial charge in [0, 0.05) is 6.54 Å². The molecule has 0 aliphatic heterocycles. The van der Waals surface area contributed by atoms with Crippen molar-refractivity contribution in [2.75, 3.05) is 20.3 Å². The van der Waals surface area contributed by atoms with E-state index in [4.69, 9.17) is 19.9 Å². The van der Waals surface area contributed by atoms with Gasteiger partial charge in [-0.3, -0.25) is 9.69 Å². The largest absolute Gasteiger partial charge is 0.493 e. The van der Waals surface area contributed by atoms with Crippen LogP contribution in [0, 0.1) is 13.8 Å². The van der Waals surface area contributed by atoms with Crippen LogP contribution >= 0.6 is 0 Å². The third kappa shape index (κ3) is 7.18. The summed E-state index contributed by atoms with van der Waals surface area (Å²) in [5.41, 5.74) is 9.75. The van der Waals surface area contributed by atoms with E-state index in [1.54, 1.807) is 36.9 Å². The fourth-order valence-corrected chi connectivity index (χ4v) is 3.41. The van der Waals surface area contributed by atoms with Gasteiger partial charge in [-0.05, 0) is 74.9 Å². The lowest BCUT2D eigenvalue weighted by Crippen LogP contribution is -2.43. The highest BCUT2D eigenvalue weighted by Gasteiger charge is 2.23. The summed E-state index contributed by atoms with van der Waals surface area (Å²) in [6.45, 7) is 8.53. The Hall–Kier alpha value is -3.22. The van der Waals surface area contributed by atoms with Crippen molar-refractivity contribution >= 4 is 12.0 Å². The minimum Gasteiger partial charge on any atom is -0.493 e. The van der Waals surface area contributed by atoms with E-state index in [-0.39, 0.29) is 13.0 Å². The van der Waals surface area contributed by atoms with E-state index in [1.807, 2.05) is 0 Å². The zero-order valence-corrected chi connectivity index (χ0v) is 19.6. The highest BCUT2D eigenvalue weighted by molar-refractivity contribution is 5.76. The van der Waals surface area contributed by atoms with Gasteiger partial charge in [0.25, 0.3) is 0 Å². The van der Waals surface area contributed by atoms with Crippen LogP contribution in [0.3, 0.4) is 0 Å². The van der Waals surface area contributed by atoms with Crippen LogP contribution in [-0.2, 0) is 22.4 Å². The van der Waals surface area contributed by atoms with Crippen molar-refractivity contribution in [2.24, 2.45) is 5.73 Å². The number of nitrogens with two attached hydrogens (primary N) is 1. The summed E-state index contributed by atoms with van der Waals surface area (Å²) < 4.78 is 16.7. The van der Waals surface area contributed by atoms with Gasteiger partial charge in [0.2, 0.25) is 5.91 Å². The average Bonchev–Trinajstić information content (AvgIpc) is 2.74. The van der Waals surface area contributed by atoms with Crippen molar-refractivity contribution in [1.29, 1.82) is 0 Å². The minimum absolute atomic E-state index is 0.111. The van der Waals surface area contributed by atoms with E-state index in [2.05, 4.69) is 32.0 Å². The fourth-order valence-electron chi connectivity index (χ4n) is 3.41. The van der Waals surface area contributed by atoms with Crippen LogP contribution < -0.4 is 15.2 Å². The number of nitrogens with zero attached hydrogens (tertiary/aromatic N) is 1. The van der Waals surface area contributed by atoms with Gasteiger partial charge in [0.15, 0.2) is 17.7 Å². The van der Waals surface area contributed by atoms with Crippen molar-refractivity contribution in [1.82, 2.24) is 4.90 Å². The van der Waals surface area contributed by atoms with Gasteiger partial charge in [-0.25, -0.2) is 4.79 Å². The van der Waals surface area contributed by atoms with Crippen molar-refractivity contribution in [3.63, 3.8) is 0 Å². The summed E-state index contributed by atoms with van der Waals surface area (Å²) in [5.74, 6) is 0.512. The first-order chi connectivity index (χ1) is 15.2. The van der Waals surface area contributed by atoms with Crippen LogP contribution in [0.1, 0.15) is 42.5 Å². The van der Waals surface area contributed by atoms with Crippen LogP contribution in [0.4, 0.5) is 4.79 Å². The van der Waals surface area contributed by atoms with Crippen LogP contribution in [0.15, 0.2) is 36.4 Å². The first-order valence-corrected chi connectivity index (χ1v) is 10.9. The van der Waals surface area contributed by atoms with Gasteiger partial charge in [-0.2, -0.15) is 0 Å². The molecule has 2 amide bonds. The van der Waals surface area contributed by atoms with Crippen LogP contribution in [0.5, 0.6) is 11.5 Å². The number of methoxy groups -OCH3 is 1. The molecule has 0 saturated heterocycles. The van der Waals surface area contributed by atoms with E-state index in [9.17, 15) is 9.59 Å². The first-order valence-electron chi connectivity index (χ1n) is 10.9. The predicted octanol–water partition coefficient (Wildman–Crippen LogP) is 4.16. The van der Waals surface area contributed by atoms with Gasteiger partial charge >= 0.3 is 6.09 Å². The second kappa shape index (κ2) is 12.0. The van der Waals surface area contributed by atoms with Gasteiger partial charge in [-0.15, -0.1) is 0 Å². The highest BCUT2D eigenvalue weighted by Crippen LogP contribution is 2.30. The minimum atomic E-state index is -0.579. The van der Waals surface area contributed by atoms with Crippen LogP contribution in [-0.4, -0.2) is 43.4 Å². The number of ether oxygens (including phenoxy) is 3. The van der Waals surface area contributed by atoms with Crippen molar-refractivity contribution in [2.45, 2.75) is 53.2 Å². The Morgan fingerprint density at radius 2 is 1.75 bits per heavy atom. The number of benzene rings is 2. The van der Waals surface area contributed by atoms with Gasteiger partial charge < -0.3 is 19.9 Å². The second-order valence-corrected chi connectivity index (χ2v) is 7.76. The zero-order chi connectivity index (χ0) is 23.7. The Labute approximate surface area is 190 Å². The van der Waals surface area contributed by atoms with Gasteiger partial charge in [-0.1, -0.05) is 24.3 Å².